The highest BCUT2D eigenvalue weighted by Crippen LogP contribution is 2.38. The van der Waals surface area contributed by atoms with Crippen LogP contribution in [0.4, 0.5) is 5.82 Å². The summed E-state index contributed by atoms with van der Waals surface area (Å²) in [6.07, 6.45) is 0. The van der Waals surface area contributed by atoms with E-state index in [-0.39, 0.29) is 5.91 Å². The van der Waals surface area contributed by atoms with Crippen LogP contribution >= 0.6 is 0 Å². The van der Waals surface area contributed by atoms with Gasteiger partial charge in [-0.2, -0.15) is 0 Å². The average molecular weight is 316 g/mol. The van der Waals surface area contributed by atoms with Crippen LogP contribution in [0.2, 0.25) is 0 Å². The zero-order chi connectivity index (χ0) is 17.0. The minimum absolute atomic E-state index is 0.304. The molecule has 0 bridgehead atoms. The van der Waals surface area contributed by atoms with E-state index < -0.39 is 0 Å². The van der Waals surface area contributed by atoms with Gasteiger partial charge in [0.2, 0.25) is 5.75 Å². The van der Waals surface area contributed by atoms with E-state index in [0.717, 1.165) is 11.3 Å². The van der Waals surface area contributed by atoms with Gasteiger partial charge >= 0.3 is 0 Å². The van der Waals surface area contributed by atoms with E-state index in [2.05, 4.69) is 10.3 Å². The van der Waals surface area contributed by atoms with Gasteiger partial charge < -0.3 is 19.5 Å². The van der Waals surface area contributed by atoms with Crippen molar-refractivity contribution in [2.24, 2.45) is 0 Å². The molecule has 0 saturated heterocycles. The van der Waals surface area contributed by atoms with Crippen LogP contribution < -0.4 is 19.5 Å². The van der Waals surface area contributed by atoms with Crippen LogP contribution in [-0.4, -0.2) is 32.2 Å². The fraction of sp³-hybridized carbons (Fsp3) is 0.294. The molecule has 1 aromatic heterocycles. The summed E-state index contributed by atoms with van der Waals surface area (Å²) in [7, 11) is 4.52. The number of carbonyl (C=O) groups excluding carboxylic acids is 1. The highest BCUT2D eigenvalue weighted by Gasteiger charge is 2.17. The summed E-state index contributed by atoms with van der Waals surface area (Å²) in [6, 6.07) is 6.94. The number of nitrogens with zero attached hydrogens (tertiary/aromatic N) is 1. The van der Waals surface area contributed by atoms with Crippen molar-refractivity contribution in [2.75, 3.05) is 26.6 Å². The van der Waals surface area contributed by atoms with Crippen LogP contribution in [0.3, 0.4) is 0 Å². The summed E-state index contributed by atoms with van der Waals surface area (Å²) in [4.78, 5) is 16.8. The molecule has 0 aliphatic carbocycles. The number of methoxy groups -OCH3 is 3. The predicted molar refractivity (Wildman–Crippen MR) is 87.8 cm³/mol. The maximum atomic E-state index is 12.5. The van der Waals surface area contributed by atoms with Gasteiger partial charge in [-0.25, -0.2) is 4.98 Å². The average Bonchev–Trinajstić information content (AvgIpc) is 2.52. The Labute approximate surface area is 135 Å². The first kappa shape index (κ1) is 16.6. The van der Waals surface area contributed by atoms with Crippen molar-refractivity contribution in [3.05, 3.63) is 41.1 Å². The molecule has 0 unspecified atom stereocenters. The van der Waals surface area contributed by atoms with Gasteiger partial charge in [0, 0.05) is 11.3 Å². The molecule has 0 atom stereocenters. The van der Waals surface area contributed by atoms with Crippen LogP contribution in [0.15, 0.2) is 24.3 Å². The number of aryl methyl sites for hydroxylation is 2. The molecule has 0 aliphatic rings. The molecule has 0 radical (unpaired) electrons. The molecule has 0 aliphatic heterocycles. The fourth-order valence-corrected chi connectivity index (χ4v) is 2.31. The van der Waals surface area contributed by atoms with E-state index in [1.165, 1.54) is 21.3 Å². The first-order chi connectivity index (χ1) is 11.0. The molecule has 6 nitrogen and oxygen atoms in total. The number of hydrogen-bond donors (Lipinski definition) is 1. The molecule has 6 heteroatoms. The third-order valence-electron chi connectivity index (χ3n) is 3.27. The predicted octanol–water partition coefficient (Wildman–Crippen LogP) is 2.98. The zero-order valence-corrected chi connectivity index (χ0v) is 13.9. The second-order valence-corrected chi connectivity index (χ2v) is 5.04. The van der Waals surface area contributed by atoms with Crippen LogP contribution in [0.1, 0.15) is 21.6 Å². The molecule has 2 aromatic rings. The summed E-state index contributed by atoms with van der Waals surface area (Å²) in [5.41, 5.74) is 2.25. The number of hydrogen-bond acceptors (Lipinski definition) is 5. The fourth-order valence-electron chi connectivity index (χ4n) is 2.31. The smallest absolute Gasteiger partial charge is 0.257 e. The third kappa shape index (κ3) is 3.71. The highest BCUT2D eigenvalue weighted by atomic mass is 16.5. The van der Waals surface area contributed by atoms with Crippen molar-refractivity contribution in [3.8, 4) is 17.2 Å². The molecule has 0 saturated carbocycles. The van der Waals surface area contributed by atoms with E-state index >= 15 is 0 Å². The second kappa shape index (κ2) is 7.00. The maximum Gasteiger partial charge on any atom is 0.257 e. The van der Waals surface area contributed by atoms with Gasteiger partial charge in [0.25, 0.3) is 5.91 Å². The molecular formula is C17H20N2O4. The minimum atomic E-state index is -0.304. The first-order valence-electron chi connectivity index (χ1n) is 7.05. The Morgan fingerprint density at radius 1 is 0.957 bits per heavy atom. The Bertz CT molecular complexity index is 683. The van der Waals surface area contributed by atoms with Gasteiger partial charge in [-0.15, -0.1) is 0 Å². The minimum Gasteiger partial charge on any atom is -0.493 e. The van der Waals surface area contributed by atoms with Crippen LogP contribution in [0.5, 0.6) is 17.2 Å². The number of benzene rings is 1. The zero-order valence-electron chi connectivity index (χ0n) is 13.9. The van der Waals surface area contributed by atoms with E-state index in [1.807, 2.05) is 26.0 Å². The van der Waals surface area contributed by atoms with Gasteiger partial charge in [0.1, 0.15) is 5.82 Å². The number of anilines is 1. The molecule has 0 spiro atoms. The number of rotatable bonds is 5. The van der Waals surface area contributed by atoms with Crippen molar-refractivity contribution >= 4 is 11.7 Å². The van der Waals surface area contributed by atoms with E-state index in [9.17, 15) is 4.79 Å². The van der Waals surface area contributed by atoms with Crippen LogP contribution in [0.25, 0.3) is 0 Å². The van der Waals surface area contributed by atoms with Crippen molar-refractivity contribution in [1.29, 1.82) is 0 Å². The lowest BCUT2D eigenvalue weighted by Gasteiger charge is -2.14. The Hall–Kier alpha value is -2.76. The standard InChI is InChI=1S/C17H20N2O4/c1-10-6-11(2)18-15(7-10)19-17(20)12-8-13(21-3)16(23-5)14(9-12)22-4/h6-9H,1-5H3,(H,18,19,20). The highest BCUT2D eigenvalue weighted by molar-refractivity contribution is 6.04. The lowest BCUT2D eigenvalue weighted by atomic mass is 10.1. The lowest BCUT2D eigenvalue weighted by Crippen LogP contribution is -2.14. The monoisotopic (exact) mass is 316 g/mol. The Kier molecular flexibility index (Phi) is 5.05. The molecule has 1 heterocycles. The molecule has 0 fully saturated rings. The molecule has 2 rings (SSSR count). The molecule has 1 amide bonds. The van der Waals surface area contributed by atoms with Crippen molar-refractivity contribution in [1.82, 2.24) is 4.98 Å². The lowest BCUT2D eigenvalue weighted by molar-refractivity contribution is 0.102. The first-order valence-corrected chi connectivity index (χ1v) is 7.05. The molecular weight excluding hydrogens is 296 g/mol. The van der Waals surface area contributed by atoms with Gasteiger partial charge in [0.05, 0.1) is 21.3 Å². The van der Waals surface area contributed by atoms with Crippen molar-refractivity contribution < 1.29 is 19.0 Å². The largest absolute Gasteiger partial charge is 0.493 e. The Morgan fingerprint density at radius 2 is 1.57 bits per heavy atom. The van der Waals surface area contributed by atoms with Gasteiger partial charge in [-0.1, -0.05) is 0 Å². The second-order valence-electron chi connectivity index (χ2n) is 5.04. The van der Waals surface area contributed by atoms with E-state index in [4.69, 9.17) is 14.2 Å². The number of carbonyl (C=O) groups is 1. The molecule has 23 heavy (non-hydrogen) atoms. The molecule has 1 N–H and O–H groups in total. The van der Waals surface area contributed by atoms with Gasteiger partial charge in [-0.05, 0) is 43.7 Å². The summed E-state index contributed by atoms with van der Waals surface area (Å²) < 4.78 is 15.8. The number of aromatic nitrogens is 1. The molecule has 122 valence electrons. The SMILES string of the molecule is COc1cc(C(=O)Nc2cc(C)cc(C)n2)cc(OC)c1OC. The number of amides is 1. The van der Waals surface area contributed by atoms with Crippen LogP contribution in [-0.2, 0) is 0 Å². The van der Waals surface area contributed by atoms with Crippen molar-refractivity contribution in [2.45, 2.75) is 13.8 Å². The number of nitrogens with one attached hydrogen (secondary N) is 1. The number of ether oxygens (including phenoxy) is 3. The molecule has 1 aromatic carbocycles. The summed E-state index contributed by atoms with van der Waals surface area (Å²) in [6.45, 7) is 3.83. The van der Waals surface area contributed by atoms with Gasteiger partial charge in [0.15, 0.2) is 11.5 Å². The van der Waals surface area contributed by atoms with Gasteiger partial charge in [-0.3, -0.25) is 4.79 Å². The Morgan fingerprint density at radius 3 is 2.04 bits per heavy atom. The topological polar surface area (TPSA) is 69.7 Å². The van der Waals surface area contributed by atoms with Crippen molar-refractivity contribution in [3.63, 3.8) is 0 Å². The summed E-state index contributed by atoms with van der Waals surface area (Å²) in [5.74, 6) is 1.48. The van der Waals surface area contributed by atoms with Crippen LogP contribution in [0, 0.1) is 13.8 Å². The number of pyridine rings is 1. The normalized spacial score (nSPS) is 10.1. The third-order valence-corrected chi connectivity index (χ3v) is 3.27. The summed E-state index contributed by atoms with van der Waals surface area (Å²) >= 11 is 0. The summed E-state index contributed by atoms with van der Waals surface area (Å²) in [5, 5.41) is 2.78. The van der Waals surface area contributed by atoms with E-state index in [1.54, 1.807) is 12.1 Å². The Balaban J connectivity index is 2.35. The quantitative estimate of drug-likeness (QED) is 0.918. The van der Waals surface area contributed by atoms with E-state index in [0.29, 0.717) is 28.6 Å². The maximum absolute atomic E-state index is 12.5.